The highest BCUT2D eigenvalue weighted by Gasteiger charge is 2.06. The van der Waals surface area contributed by atoms with Gasteiger partial charge in [0.2, 0.25) is 0 Å². The Bertz CT molecular complexity index is 287. The van der Waals surface area contributed by atoms with Crippen LogP contribution in [0.5, 0.6) is 0 Å². The number of aliphatic hydroxyl groups excluding tert-OH is 2. The zero-order chi connectivity index (χ0) is 10.4. The molecule has 1 atom stereocenters. The largest absolute Gasteiger partial charge is 0.395 e. The SMILES string of the molecule is O=[NH+]c1ccc(C(O)NCCO)cc1. The van der Waals surface area contributed by atoms with Crippen LogP contribution in [0, 0.1) is 4.91 Å². The van der Waals surface area contributed by atoms with Gasteiger partial charge in [-0.3, -0.25) is 5.32 Å². The molecule has 0 aromatic heterocycles. The molecule has 0 bridgehead atoms. The topological polar surface area (TPSA) is 83.5 Å². The Hall–Kier alpha value is -1.30. The Morgan fingerprint density at radius 2 is 2.00 bits per heavy atom. The van der Waals surface area contributed by atoms with Crippen molar-refractivity contribution in [3.05, 3.63) is 34.7 Å². The minimum atomic E-state index is -0.817. The summed E-state index contributed by atoms with van der Waals surface area (Å²) in [5.74, 6) is 0. The maximum Gasteiger partial charge on any atom is 0.253 e. The summed E-state index contributed by atoms with van der Waals surface area (Å²) < 4.78 is 0. The molecule has 0 aliphatic carbocycles. The highest BCUT2D eigenvalue weighted by Crippen LogP contribution is 2.10. The molecule has 0 radical (unpaired) electrons. The van der Waals surface area contributed by atoms with Crippen molar-refractivity contribution >= 4 is 5.69 Å². The van der Waals surface area contributed by atoms with E-state index in [0.29, 0.717) is 17.8 Å². The second-order valence-electron chi connectivity index (χ2n) is 2.80. The van der Waals surface area contributed by atoms with Crippen LogP contribution in [0.15, 0.2) is 24.3 Å². The van der Waals surface area contributed by atoms with E-state index in [1.54, 1.807) is 29.4 Å². The summed E-state index contributed by atoms with van der Waals surface area (Å²) in [5.41, 5.74) is 1.10. The fourth-order valence-electron chi connectivity index (χ4n) is 1.05. The normalized spacial score (nSPS) is 12.4. The zero-order valence-electron chi connectivity index (χ0n) is 7.60. The molecule has 4 N–H and O–H groups in total. The average Bonchev–Trinajstić information content (AvgIpc) is 2.26. The van der Waals surface area contributed by atoms with E-state index in [1.807, 2.05) is 0 Å². The number of rotatable bonds is 5. The van der Waals surface area contributed by atoms with Gasteiger partial charge in [0.05, 0.1) is 6.61 Å². The summed E-state index contributed by atoms with van der Waals surface area (Å²) in [5, 5.41) is 22.5. The van der Waals surface area contributed by atoms with Crippen molar-refractivity contribution in [1.29, 1.82) is 0 Å². The smallest absolute Gasteiger partial charge is 0.253 e. The minimum Gasteiger partial charge on any atom is -0.395 e. The van der Waals surface area contributed by atoms with E-state index in [4.69, 9.17) is 5.11 Å². The Morgan fingerprint density at radius 3 is 2.50 bits per heavy atom. The quantitative estimate of drug-likeness (QED) is 0.444. The highest BCUT2D eigenvalue weighted by atomic mass is 16.3. The van der Waals surface area contributed by atoms with Crippen LogP contribution in [0.25, 0.3) is 0 Å². The third kappa shape index (κ3) is 2.88. The molecule has 0 aliphatic rings. The van der Waals surface area contributed by atoms with Gasteiger partial charge in [0.1, 0.15) is 6.23 Å². The summed E-state index contributed by atoms with van der Waals surface area (Å²) in [6.07, 6.45) is -0.817. The van der Waals surface area contributed by atoms with Crippen molar-refractivity contribution < 1.29 is 15.4 Å². The number of benzene rings is 1. The standard InChI is InChI=1S/C9H12N2O3/c12-6-5-10-9(13)7-1-3-8(11-14)4-2-7/h1-4,9-10,12-13H,5-6H2/p+1. The van der Waals surface area contributed by atoms with Crippen molar-refractivity contribution in [3.8, 4) is 0 Å². The Kier molecular flexibility index (Phi) is 4.18. The van der Waals surface area contributed by atoms with E-state index >= 15 is 0 Å². The third-order valence-corrected chi connectivity index (χ3v) is 1.79. The lowest BCUT2D eigenvalue weighted by Gasteiger charge is -2.11. The summed E-state index contributed by atoms with van der Waals surface area (Å²) in [6.45, 7) is 0.292. The van der Waals surface area contributed by atoms with Gasteiger partial charge in [-0.1, -0.05) is 0 Å². The molecule has 0 amide bonds. The fourth-order valence-corrected chi connectivity index (χ4v) is 1.05. The van der Waals surface area contributed by atoms with Gasteiger partial charge in [0, 0.05) is 28.8 Å². The van der Waals surface area contributed by atoms with Gasteiger partial charge in [0.25, 0.3) is 5.69 Å². The van der Waals surface area contributed by atoms with Gasteiger partial charge in [0.15, 0.2) is 0 Å². The first kappa shape index (κ1) is 10.8. The molecule has 14 heavy (non-hydrogen) atoms. The second kappa shape index (κ2) is 5.43. The van der Waals surface area contributed by atoms with E-state index in [9.17, 15) is 10.0 Å². The Labute approximate surface area is 81.4 Å². The number of hydrogen-bond acceptors (Lipinski definition) is 4. The van der Waals surface area contributed by atoms with E-state index in [-0.39, 0.29) is 6.61 Å². The molecule has 1 rings (SSSR count). The Morgan fingerprint density at radius 1 is 1.36 bits per heavy atom. The molecular formula is C9H13N2O3+. The molecule has 0 aliphatic heterocycles. The van der Waals surface area contributed by atoms with Crippen LogP contribution in [0.2, 0.25) is 0 Å². The number of aliphatic hydroxyl groups is 2. The maximum absolute atomic E-state index is 10.2. The summed E-state index contributed by atoms with van der Waals surface area (Å²) in [4.78, 5) is 10.2. The first-order valence-electron chi connectivity index (χ1n) is 4.28. The molecule has 76 valence electrons. The van der Waals surface area contributed by atoms with E-state index < -0.39 is 6.23 Å². The molecule has 0 heterocycles. The van der Waals surface area contributed by atoms with Crippen LogP contribution in [0.4, 0.5) is 5.69 Å². The first-order chi connectivity index (χ1) is 6.77. The van der Waals surface area contributed by atoms with Gasteiger partial charge in [-0.2, -0.15) is 0 Å². The molecule has 0 saturated heterocycles. The summed E-state index contributed by atoms with van der Waals surface area (Å²) in [6, 6.07) is 6.42. The molecule has 1 aromatic rings. The lowest BCUT2D eigenvalue weighted by Crippen LogP contribution is -2.55. The predicted octanol–water partition coefficient (Wildman–Crippen LogP) is -1.26. The van der Waals surface area contributed by atoms with Crippen molar-refractivity contribution in [2.24, 2.45) is 0 Å². The first-order valence-corrected chi connectivity index (χ1v) is 4.28. The van der Waals surface area contributed by atoms with E-state index in [0.717, 1.165) is 0 Å². The summed E-state index contributed by atoms with van der Waals surface area (Å²) in [7, 11) is 0. The number of hydrogen-bond donors (Lipinski definition) is 4. The van der Waals surface area contributed by atoms with Crippen LogP contribution in [0.1, 0.15) is 11.8 Å². The number of nitrogens with one attached hydrogen (secondary N) is 2. The van der Waals surface area contributed by atoms with Gasteiger partial charge in [-0.15, -0.1) is 0 Å². The zero-order valence-corrected chi connectivity index (χ0v) is 7.60. The van der Waals surface area contributed by atoms with Crippen LogP contribution < -0.4 is 10.5 Å². The highest BCUT2D eigenvalue weighted by molar-refractivity contribution is 5.32. The fraction of sp³-hybridized carbons (Fsp3) is 0.333. The van der Waals surface area contributed by atoms with Crippen molar-refractivity contribution in [1.82, 2.24) is 5.32 Å². The molecule has 0 spiro atoms. The molecule has 5 nitrogen and oxygen atoms in total. The van der Waals surface area contributed by atoms with Crippen molar-refractivity contribution in [2.45, 2.75) is 6.23 Å². The average molecular weight is 197 g/mol. The summed E-state index contributed by atoms with van der Waals surface area (Å²) >= 11 is 0. The molecule has 5 heteroatoms. The van der Waals surface area contributed by atoms with Gasteiger partial charge in [-0.05, 0) is 17.7 Å². The van der Waals surface area contributed by atoms with Crippen LogP contribution in [-0.2, 0) is 0 Å². The lowest BCUT2D eigenvalue weighted by atomic mass is 10.2. The van der Waals surface area contributed by atoms with Crippen LogP contribution in [-0.4, -0.2) is 23.4 Å². The van der Waals surface area contributed by atoms with Crippen LogP contribution >= 0.6 is 0 Å². The molecule has 1 unspecified atom stereocenters. The van der Waals surface area contributed by atoms with Crippen molar-refractivity contribution in [2.75, 3.05) is 13.2 Å². The number of nitroso groups, excluding NO2 is 1. The van der Waals surface area contributed by atoms with Gasteiger partial charge in [-0.25, -0.2) is 0 Å². The van der Waals surface area contributed by atoms with Gasteiger partial charge < -0.3 is 10.2 Å². The molecule has 0 saturated carbocycles. The lowest BCUT2D eigenvalue weighted by molar-refractivity contribution is -0.379. The molecular weight excluding hydrogens is 184 g/mol. The second-order valence-corrected chi connectivity index (χ2v) is 2.80. The van der Waals surface area contributed by atoms with Crippen LogP contribution in [0.3, 0.4) is 0 Å². The monoisotopic (exact) mass is 197 g/mol. The Balaban J connectivity index is 2.61. The van der Waals surface area contributed by atoms with Crippen molar-refractivity contribution in [3.63, 3.8) is 0 Å². The van der Waals surface area contributed by atoms with E-state index in [1.165, 1.54) is 0 Å². The minimum absolute atomic E-state index is 0.0305. The third-order valence-electron chi connectivity index (χ3n) is 1.79. The molecule has 1 aromatic carbocycles. The maximum atomic E-state index is 10.2. The van der Waals surface area contributed by atoms with Gasteiger partial charge >= 0.3 is 0 Å². The van der Waals surface area contributed by atoms with E-state index in [2.05, 4.69) is 5.32 Å². The predicted molar refractivity (Wildman–Crippen MR) is 50.5 cm³/mol. The molecule has 0 fully saturated rings.